The predicted molar refractivity (Wildman–Crippen MR) is 62.1 cm³/mol. The quantitative estimate of drug-likeness (QED) is 0.333. The summed E-state index contributed by atoms with van der Waals surface area (Å²) in [5, 5.41) is 7.67. The summed E-state index contributed by atoms with van der Waals surface area (Å²) < 4.78 is 4.99. The third-order valence-electron chi connectivity index (χ3n) is 2.12. The van der Waals surface area contributed by atoms with E-state index in [2.05, 4.69) is 10.3 Å². The lowest BCUT2D eigenvalue weighted by molar-refractivity contribution is 0.0760. The molecule has 0 aliphatic carbocycles. The van der Waals surface area contributed by atoms with Crippen LogP contribution < -0.4 is 16.4 Å². The Hall–Kier alpha value is -2.15. The van der Waals surface area contributed by atoms with Crippen LogP contribution >= 0.6 is 0 Å². The summed E-state index contributed by atoms with van der Waals surface area (Å²) in [4.78, 5) is 11.8. The van der Waals surface area contributed by atoms with Crippen molar-refractivity contribution in [2.75, 3.05) is 20.2 Å². The van der Waals surface area contributed by atoms with Gasteiger partial charge in [-0.15, -0.1) is 0 Å². The summed E-state index contributed by atoms with van der Waals surface area (Å²) in [7, 11) is 1.56. The van der Waals surface area contributed by atoms with E-state index in [4.69, 9.17) is 16.4 Å². The smallest absolute Gasteiger partial charge is 0.267 e. The van der Waals surface area contributed by atoms with Crippen LogP contribution in [0.3, 0.4) is 0 Å². The normalized spacial score (nSPS) is 10.5. The molecule has 4 N–H and O–H groups in total. The van der Waals surface area contributed by atoms with Gasteiger partial charge in [-0.05, 0) is 24.3 Å². The molecule has 1 aromatic rings. The Morgan fingerprint density at radius 2 is 2.06 bits per heavy atom. The van der Waals surface area contributed by atoms with E-state index in [1.54, 1.807) is 31.4 Å². The molecule has 7 nitrogen and oxygen atoms in total. The lowest BCUT2D eigenvalue weighted by atomic mass is 10.2. The maximum atomic E-state index is 11.8. The van der Waals surface area contributed by atoms with Gasteiger partial charge < -0.3 is 10.6 Å². The van der Waals surface area contributed by atoms with Gasteiger partial charge in [-0.2, -0.15) is 5.11 Å². The number of nitrogens with zero attached hydrogens (tertiary/aromatic N) is 3. The summed E-state index contributed by atoms with van der Waals surface area (Å²) in [5.41, 5.74) is 0.484. The third-order valence-corrected chi connectivity index (χ3v) is 2.12. The third kappa shape index (κ3) is 3.72. The van der Waals surface area contributed by atoms with Crippen LogP contribution in [0.1, 0.15) is 10.4 Å². The highest BCUT2D eigenvalue weighted by Gasteiger charge is 2.11. The lowest BCUT2D eigenvalue weighted by Crippen LogP contribution is -2.39. The van der Waals surface area contributed by atoms with Crippen LogP contribution in [0, 0.1) is 0 Å². The number of ether oxygens (including phenoxy) is 1. The maximum absolute atomic E-state index is 11.8. The lowest BCUT2D eigenvalue weighted by Gasteiger charge is -2.15. The van der Waals surface area contributed by atoms with Crippen LogP contribution in [0.4, 0.5) is 0 Å². The molecule has 0 fully saturated rings. The Labute approximate surface area is 99.0 Å². The van der Waals surface area contributed by atoms with E-state index >= 15 is 0 Å². The zero-order valence-corrected chi connectivity index (χ0v) is 9.54. The first-order valence-corrected chi connectivity index (χ1v) is 4.96. The van der Waals surface area contributed by atoms with Crippen molar-refractivity contribution in [3.63, 3.8) is 0 Å². The van der Waals surface area contributed by atoms with Crippen molar-refractivity contribution < 1.29 is 9.53 Å². The van der Waals surface area contributed by atoms with Crippen molar-refractivity contribution in [2.45, 2.75) is 0 Å². The van der Waals surface area contributed by atoms with Gasteiger partial charge in [0, 0.05) is 5.56 Å². The van der Waals surface area contributed by atoms with Crippen molar-refractivity contribution >= 4 is 5.91 Å². The molecule has 92 valence electrons. The summed E-state index contributed by atoms with van der Waals surface area (Å²) in [6, 6.07) is 6.68. The molecule has 0 unspecified atom stereocenters. The first-order valence-electron chi connectivity index (χ1n) is 4.96. The van der Waals surface area contributed by atoms with E-state index in [0.29, 0.717) is 11.3 Å². The molecule has 1 aromatic carbocycles. The summed E-state index contributed by atoms with van der Waals surface area (Å²) in [6.45, 7) is 0.528. The van der Waals surface area contributed by atoms with Gasteiger partial charge in [-0.25, -0.2) is 5.84 Å². The molecule has 0 aliphatic heterocycles. The number of carbonyl (C=O) groups is 1. The molecule has 0 radical (unpaired) electrons. The number of amides is 1. The molecular formula is C10H15N5O2. The monoisotopic (exact) mass is 237 g/mol. The first-order chi connectivity index (χ1) is 8.19. The fraction of sp³-hybridized carbons (Fsp3) is 0.300. The van der Waals surface area contributed by atoms with E-state index in [-0.39, 0.29) is 19.0 Å². The van der Waals surface area contributed by atoms with Gasteiger partial charge in [0.05, 0.1) is 20.2 Å². The Balaban J connectivity index is 2.61. The van der Waals surface area contributed by atoms with Crippen LogP contribution in [-0.2, 0) is 0 Å². The van der Waals surface area contributed by atoms with Gasteiger partial charge in [0.25, 0.3) is 5.91 Å². The number of nitrogens with two attached hydrogens (primary N) is 2. The minimum absolute atomic E-state index is 0.256. The van der Waals surface area contributed by atoms with E-state index in [9.17, 15) is 4.79 Å². The molecule has 0 heterocycles. The van der Waals surface area contributed by atoms with Gasteiger partial charge in [-0.1, -0.05) is 5.22 Å². The van der Waals surface area contributed by atoms with E-state index in [0.717, 1.165) is 5.01 Å². The van der Waals surface area contributed by atoms with Crippen molar-refractivity contribution in [3.8, 4) is 5.75 Å². The molecule has 7 heteroatoms. The number of carbonyl (C=O) groups excluding carboxylic acids is 1. The van der Waals surface area contributed by atoms with Gasteiger partial charge in [0.2, 0.25) is 0 Å². The van der Waals surface area contributed by atoms with E-state index < -0.39 is 0 Å². The van der Waals surface area contributed by atoms with Crippen molar-refractivity contribution in [1.82, 2.24) is 5.01 Å². The molecule has 0 saturated heterocycles. The van der Waals surface area contributed by atoms with Crippen molar-refractivity contribution in [3.05, 3.63) is 29.8 Å². The highest BCUT2D eigenvalue weighted by Crippen LogP contribution is 2.12. The topological polar surface area (TPSA) is 106 Å². The van der Waals surface area contributed by atoms with Crippen LogP contribution in [0.2, 0.25) is 0 Å². The van der Waals surface area contributed by atoms with Gasteiger partial charge in [0.15, 0.2) is 0 Å². The highest BCUT2D eigenvalue weighted by atomic mass is 16.5. The fourth-order valence-corrected chi connectivity index (χ4v) is 1.21. The van der Waals surface area contributed by atoms with Gasteiger partial charge >= 0.3 is 0 Å². The predicted octanol–water partition coefficient (Wildman–Crippen LogP) is 0.337. The number of hydrazine groups is 1. The molecule has 0 aromatic heterocycles. The Kier molecular flexibility index (Phi) is 4.89. The molecule has 1 amide bonds. The minimum Gasteiger partial charge on any atom is -0.497 e. The summed E-state index contributed by atoms with van der Waals surface area (Å²) in [5.74, 6) is 10.8. The van der Waals surface area contributed by atoms with Crippen LogP contribution in [0.15, 0.2) is 34.6 Å². The van der Waals surface area contributed by atoms with Crippen LogP contribution in [-0.4, -0.2) is 31.1 Å². The summed E-state index contributed by atoms with van der Waals surface area (Å²) >= 11 is 0. The highest BCUT2D eigenvalue weighted by molar-refractivity contribution is 5.93. The van der Waals surface area contributed by atoms with Crippen LogP contribution in [0.5, 0.6) is 5.75 Å². The molecule has 0 bridgehead atoms. The van der Waals surface area contributed by atoms with Crippen LogP contribution in [0.25, 0.3) is 0 Å². The molecule has 0 atom stereocenters. The Morgan fingerprint density at radius 1 is 1.41 bits per heavy atom. The number of methoxy groups -OCH3 is 1. The molecule has 0 aliphatic rings. The van der Waals surface area contributed by atoms with Gasteiger partial charge in [-0.3, -0.25) is 9.80 Å². The SMILES string of the molecule is COc1ccc(C(=O)N(N)CCN=NN)cc1. The zero-order chi connectivity index (χ0) is 12.7. The molecular weight excluding hydrogens is 222 g/mol. The first kappa shape index (κ1) is 12.9. The second kappa shape index (κ2) is 6.44. The second-order valence-electron chi connectivity index (χ2n) is 3.21. The molecule has 0 spiro atoms. The number of hydrogen-bond acceptors (Lipinski definition) is 5. The largest absolute Gasteiger partial charge is 0.497 e. The maximum Gasteiger partial charge on any atom is 0.267 e. The minimum atomic E-state index is -0.292. The second-order valence-corrected chi connectivity index (χ2v) is 3.21. The molecule has 17 heavy (non-hydrogen) atoms. The average molecular weight is 237 g/mol. The van der Waals surface area contributed by atoms with Gasteiger partial charge in [0.1, 0.15) is 5.75 Å². The summed E-state index contributed by atoms with van der Waals surface area (Å²) in [6.07, 6.45) is 0. The Morgan fingerprint density at radius 3 is 2.59 bits per heavy atom. The number of hydrogen-bond donors (Lipinski definition) is 2. The van der Waals surface area contributed by atoms with E-state index in [1.165, 1.54) is 0 Å². The Bertz CT molecular complexity index is 390. The number of benzene rings is 1. The van der Waals surface area contributed by atoms with E-state index in [1.807, 2.05) is 0 Å². The van der Waals surface area contributed by atoms with Crippen molar-refractivity contribution in [2.24, 2.45) is 22.0 Å². The number of rotatable bonds is 5. The molecule has 1 rings (SSSR count). The average Bonchev–Trinajstić information content (AvgIpc) is 2.38. The van der Waals surface area contributed by atoms with Crippen molar-refractivity contribution in [1.29, 1.82) is 0 Å². The zero-order valence-electron chi connectivity index (χ0n) is 9.54. The standard InChI is InChI=1S/C10H15N5O2/c1-17-9-4-2-8(3-5-9)10(16)15(12)7-6-13-14-11/h2-5H,6-7,12H2,1H3,(H2,11,13). The molecule has 0 saturated carbocycles. The fourth-order valence-electron chi connectivity index (χ4n) is 1.21.